The van der Waals surface area contributed by atoms with Crippen LogP contribution in [-0.4, -0.2) is 35.6 Å². The summed E-state index contributed by atoms with van der Waals surface area (Å²) in [5.41, 5.74) is 4.24. The Morgan fingerprint density at radius 1 is 1.10 bits per heavy atom. The van der Waals surface area contributed by atoms with E-state index in [0.717, 1.165) is 39.8 Å². The van der Waals surface area contributed by atoms with E-state index in [1.807, 2.05) is 40.2 Å². The van der Waals surface area contributed by atoms with Crippen LogP contribution in [0.5, 0.6) is 11.5 Å². The second kappa shape index (κ2) is 9.66. The van der Waals surface area contributed by atoms with Gasteiger partial charge in [0.25, 0.3) is 0 Å². The predicted octanol–water partition coefficient (Wildman–Crippen LogP) is 4.37. The molecule has 0 spiro atoms. The molecule has 0 bridgehead atoms. The lowest BCUT2D eigenvalue weighted by atomic mass is 10.1. The molecule has 31 heavy (non-hydrogen) atoms. The summed E-state index contributed by atoms with van der Waals surface area (Å²) >= 11 is 1.54. The minimum absolute atomic E-state index is 0.0411. The number of rotatable bonds is 9. The highest BCUT2D eigenvalue weighted by Crippen LogP contribution is 2.24. The maximum atomic E-state index is 12.4. The van der Waals surface area contributed by atoms with Gasteiger partial charge in [-0.3, -0.25) is 9.20 Å². The number of nitrogens with one attached hydrogen (secondary N) is 1. The molecule has 0 aliphatic carbocycles. The third kappa shape index (κ3) is 5.06. The van der Waals surface area contributed by atoms with Crippen molar-refractivity contribution < 1.29 is 14.3 Å². The summed E-state index contributed by atoms with van der Waals surface area (Å²) in [6.07, 6.45) is 3.32. The minimum atomic E-state index is -0.0411. The number of imidazole rings is 1. The average molecular weight is 436 g/mol. The molecule has 4 rings (SSSR count). The Labute approximate surface area is 185 Å². The normalized spacial score (nSPS) is 10.9. The highest BCUT2D eigenvalue weighted by molar-refractivity contribution is 7.15. The summed E-state index contributed by atoms with van der Waals surface area (Å²) in [5, 5.41) is 4.90. The van der Waals surface area contributed by atoms with E-state index in [9.17, 15) is 4.79 Å². The van der Waals surface area contributed by atoms with Crippen molar-refractivity contribution in [3.63, 3.8) is 0 Å². The molecule has 1 amide bonds. The van der Waals surface area contributed by atoms with E-state index >= 15 is 0 Å². The lowest BCUT2D eigenvalue weighted by Crippen LogP contribution is -2.29. The maximum Gasteiger partial charge on any atom is 0.226 e. The first-order chi connectivity index (χ1) is 15.2. The highest BCUT2D eigenvalue weighted by atomic mass is 32.1. The SMILES string of the molecule is CCc1ccc(-c2cn3c(CC(=O)NCCOc4ccc(OC)cc4)csc3n2)cc1. The third-order valence-electron chi connectivity index (χ3n) is 5.04. The third-order valence-corrected chi connectivity index (χ3v) is 5.92. The Bertz CT molecular complexity index is 1150. The van der Waals surface area contributed by atoms with E-state index in [2.05, 4.69) is 36.5 Å². The zero-order valence-corrected chi connectivity index (χ0v) is 18.4. The van der Waals surface area contributed by atoms with E-state index in [-0.39, 0.29) is 5.91 Å². The molecule has 6 nitrogen and oxygen atoms in total. The number of ether oxygens (including phenoxy) is 2. The van der Waals surface area contributed by atoms with E-state index in [1.54, 1.807) is 18.4 Å². The fraction of sp³-hybridized carbons (Fsp3) is 0.250. The number of benzene rings is 2. The standard InChI is InChI=1S/C24H25N3O3S/c1-3-17-4-6-18(7-5-17)22-15-27-19(16-31-24(27)26-22)14-23(28)25-12-13-30-21-10-8-20(29-2)9-11-21/h4-11,15-16H,3,12-14H2,1-2H3,(H,25,28). The average Bonchev–Trinajstić information content (AvgIpc) is 3.39. The molecular formula is C24H25N3O3S. The van der Waals surface area contributed by atoms with Gasteiger partial charge in [-0.05, 0) is 36.2 Å². The first-order valence-corrected chi connectivity index (χ1v) is 11.1. The van der Waals surface area contributed by atoms with Crippen LogP contribution in [-0.2, 0) is 17.6 Å². The molecule has 2 aromatic heterocycles. The molecule has 2 aromatic carbocycles. The second-order valence-electron chi connectivity index (χ2n) is 7.11. The minimum Gasteiger partial charge on any atom is -0.497 e. The van der Waals surface area contributed by atoms with Crippen LogP contribution in [0.2, 0.25) is 0 Å². The van der Waals surface area contributed by atoms with Crippen molar-refractivity contribution in [1.29, 1.82) is 0 Å². The van der Waals surface area contributed by atoms with E-state index < -0.39 is 0 Å². The van der Waals surface area contributed by atoms with Crippen molar-refractivity contribution >= 4 is 22.2 Å². The molecule has 0 unspecified atom stereocenters. The summed E-state index contributed by atoms with van der Waals surface area (Å²) < 4.78 is 12.8. The monoisotopic (exact) mass is 435 g/mol. The zero-order chi connectivity index (χ0) is 21.6. The molecule has 0 saturated heterocycles. The molecule has 0 radical (unpaired) electrons. The second-order valence-corrected chi connectivity index (χ2v) is 7.94. The Morgan fingerprint density at radius 3 is 2.55 bits per heavy atom. The number of methoxy groups -OCH3 is 1. The molecule has 0 atom stereocenters. The van der Waals surface area contributed by atoms with Crippen molar-refractivity contribution in [1.82, 2.24) is 14.7 Å². The predicted molar refractivity (Wildman–Crippen MR) is 123 cm³/mol. The molecule has 2 heterocycles. The number of carbonyl (C=O) groups excluding carboxylic acids is 1. The lowest BCUT2D eigenvalue weighted by Gasteiger charge is -2.08. The van der Waals surface area contributed by atoms with Crippen molar-refractivity contribution in [2.75, 3.05) is 20.3 Å². The van der Waals surface area contributed by atoms with Gasteiger partial charge in [-0.2, -0.15) is 0 Å². The molecule has 0 aliphatic heterocycles. The van der Waals surface area contributed by atoms with Gasteiger partial charge in [0, 0.05) is 22.8 Å². The van der Waals surface area contributed by atoms with Crippen molar-refractivity contribution in [3.05, 3.63) is 71.4 Å². The number of carbonyl (C=O) groups is 1. The summed E-state index contributed by atoms with van der Waals surface area (Å²) in [7, 11) is 1.63. The molecule has 0 aliphatic rings. The molecule has 4 aromatic rings. The number of hydrogen-bond acceptors (Lipinski definition) is 5. The van der Waals surface area contributed by atoms with Crippen LogP contribution >= 0.6 is 11.3 Å². The number of nitrogens with zero attached hydrogens (tertiary/aromatic N) is 2. The van der Waals surface area contributed by atoms with Gasteiger partial charge in [-0.15, -0.1) is 11.3 Å². The highest BCUT2D eigenvalue weighted by Gasteiger charge is 2.12. The van der Waals surface area contributed by atoms with Crippen molar-refractivity contribution in [2.24, 2.45) is 0 Å². The maximum absolute atomic E-state index is 12.4. The largest absolute Gasteiger partial charge is 0.497 e. The number of thiazole rings is 1. The Balaban J connectivity index is 1.31. The van der Waals surface area contributed by atoms with Gasteiger partial charge in [-0.25, -0.2) is 4.98 Å². The topological polar surface area (TPSA) is 64.9 Å². The summed E-state index contributed by atoms with van der Waals surface area (Å²) in [6.45, 7) is 2.99. The molecule has 0 fully saturated rings. The quantitative estimate of drug-likeness (QED) is 0.397. The first kappa shape index (κ1) is 20.9. The van der Waals surface area contributed by atoms with Crippen LogP contribution < -0.4 is 14.8 Å². The van der Waals surface area contributed by atoms with Crippen LogP contribution in [0, 0.1) is 0 Å². The Morgan fingerprint density at radius 2 is 1.84 bits per heavy atom. The molecule has 1 N–H and O–H groups in total. The number of amides is 1. The fourth-order valence-corrected chi connectivity index (χ4v) is 4.14. The van der Waals surface area contributed by atoms with Crippen LogP contribution in [0.4, 0.5) is 0 Å². The van der Waals surface area contributed by atoms with Crippen LogP contribution in [0.3, 0.4) is 0 Å². The Hall–Kier alpha value is -3.32. The van der Waals surface area contributed by atoms with Gasteiger partial charge in [-0.1, -0.05) is 31.2 Å². The smallest absolute Gasteiger partial charge is 0.226 e. The molecular weight excluding hydrogens is 410 g/mol. The molecule has 0 saturated carbocycles. The summed E-state index contributed by atoms with van der Waals surface area (Å²) in [6, 6.07) is 15.8. The first-order valence-electron chi connectivity index (χ1n) is 10.2. The van der Waals surface area contributed by atoms with E-state index in [0.29, 0.717) is 19.6 Å². The van der Waals surface area contributed by atoms with Crippen molar-refractivity contribution in [3.8, 4) is 22.8 Å². The van der Waals surface area contributed by atoms with Gasteiger partial charge in [0.05, 0.1) is 25.8 Å². The van der Waals surface area contributed by atoms with Gasteiger partial charge < -0.3 is 14.8 Å². The Kier molecular flexibility index (Phi) is 6.52. The van der Waals surface area contributed by atoms with Crippen LogP contribution in [0.15, 0.2) is 60.1 Å². The van der Waals surface area contributed by atoms with Crippen molar-refractivity contribution in [2.45, 2.75) is 19.8 Å². The summed E-state index contributed by atoms with van der Waals surface area (Å²) in [5.74, 6) is 1.48. The fourth-order valence-electron chi connectivity index (χ4n) is 3.27. The van der Waals surface area contributed by atoms with Crippen LogP contribution in [0.25, 0.3) is 16.2 Å². The van der Waals surface area contributed by atoms with Gasteiger partial charge in [0.15, 0.2) is 4.96 Å². The number of hydrogen-bond donors (Lipinski definition) is 1. The van der Waals surface area contributed by atoms with Gasteiger partial charge in [0.2, 0.25) is 5.91 Å². The number of aromatic nitrogens is 2. The number of aryl methyl sites for hydroxylation is 1. The van der Waals surface area contributed by atoms with Gasteiger partial charge >= 0.3 is 0 Å². The number of fused-ring (bicyclic) bond motifs is 1. The van der Waals surface area contributed by atoms with Gasteiger partial charge in [0.1, 0.15) is 18.1 Å². The van der Waals surface area contributed by atoms with E-state index in [4.69, 9.17) is 14.5 Å². The lowest BCUT2D eigenvalue weighted by molar-refractivity contribution is -0.120. The zero-order valence-electron chi connectivity index (χ0n) is 17.6. The summed E-state index contributed by atoms with van der Waals surface area (Å²) in [4.78, 5) is 18.0. The molecule has 160 valence electrons. The van der Waals surface area contributed by atoms with Crippen LogP contribution in [0.1, 0.15) is 18.2 Å². The molecule has 7 heteroatoms. The van der Waals surface area contributed by atoms with E-state index in [1.165, 1.54) is 5.56 Å².